The Morgan fingerprint density at radius 2 is 1.59 bits per heavy atom. The third kappa shape index (κ3) is 10.4. The Kier molecular flexibility index (Phi) is 9.21. The van der Waals surface area contributed by atoms with Crippen molar-refractivity contribution in [2.75, 3.05) is 0 Å². The van der Waals surface area contributed by atoms with Gasteiger partial charge in [-0.2, -0.15) is 0 Å². The van der Waals surface area contributed by atoms with Gasteiger partial charge < -0.3 is 0 Å². The van der Waals surface area contributed by atoms with Gasteiger partial charge in [0.25, 0.3) is 0 Å². The lowest BCUT2D eigenvalue weighted by molar-refractivity contribution is 0.295. The lowest BCUT2D eigenvalue weighted by Crippen LogP contribution is -2.11. The molecule has 0 heterocycles. The maximum atomic E-state index is 3.99. The zero-order valence-electron chi connectivity index (χ0n) is 12.4. The van der Waals surface area contributed by atoms with Gasteiger partial charge in [-0.25, -0.2) is 0 Å². The van der Waals surface area contributed by atoms with E-state index in [1.165, 1.54) is 56.9 Å². The molecule has 0 aliphatic carbocycles. The molecule has 0 N–H and O–H groups in total. The van der Waals surface area contributed by atoms with Crippen LogP contribution in [-0.4, -0.2) is 0 Å². The van der Waals surface area contributed by atoms with E-state index in [-0.39, 0.29) is 0 Å². The molecule has 100 valence electrons. The van der Waals surface area contributed by atoms with E-state index in [0.717, 1.165) is 6.42 Å². The molecule has 0 atom stereocenters. The first kappa shape index (κ1) is 16.5. The van der Waals surface area contributed by atoms with Gasteiger partial charge >= 0.3 is 0 Å². The molecule has 0 aromatic heterocycles. The smallest absolute Gasteiger partial charge is 0.0280 e. The second-order valence-corrected chi connectivity index (χ2v) is 6.04. The molecule has 0 aliphatic heterocycles. The topological polar surface area (TPSA) is 0 Å². The van der Waals surface area contributed by atoms with Gasteiger partial charge in [0, 0.05) is 0 Å². The van der Waals surface area contributed by atoms with E-state index in [9.17, 15) is 0 Å². The summed E-state index contributed by atoms with van der Waals surface area (Å²) >= 11 is 0. The SMILES string of the molecule is C=CC(=C)CCC(C)(C)CCCCCCCC. The highest BCUT2D eigenvalue weighted by molar-refractivity contribution is 5.10. The van der Waals surface area contributed by atoms with E-state index >= 15 is 0 Å². The van der Waals surface area contributed by atoms with Gasteiger partial charge in [0.15, 0.2) is 0 Å². The van der Waals surface area contributed by atoms with Gasteiger partial charge in [-0.3, -0.25) is 0 Å². The molecule has 0 nitrogen and oxygen atoms in total. The van der Waals surface area contributed by atoms with E-state index in [1.54, 1.807) is 0 Å². The molecule has 0 amide bonds. The van der Waals surface area contributed by atoms with E-state index in [4.69, 9.17) is 0 Å². The third-order valence-electron chi connectivity index (χ3n) is 3.62. The van der Waals surface area contributed by atoms with Gasteiger partial charge in [-0.1, -0.05) is 84.1 Å². The van der Waals surface area contributed by atoms with Crippen LogP contribution >= 0.6 is 0 Å². The maximum absolute atomic E-state index is 3.99. The standard InChI is InChI=1S/C17H32/c1-6-8-9-10-11-12-14-17(4,5)15-13-16(3)7-2/h7H,2-3,6,8-15H2,1,4-5H3. The van der Waals surface area contributed by atoms with Crippen molar-refractivity contribution in [3.8, 4) is 0 Å². The molecular weight excluding hydrogens is 204 g/mol. The summed E-state index contributed by atoms with van der Waals surface area (Å²) < 4.78 is 0. The lowest BCUT2D eigenvalue weighted by Gasteiger charge is -2.24. The first-order valence-electron chi connectivity index (χ1n) is 7.32. The summed E-state index contributed by atoms with van der Waals surface area (Å²) in [5.41, 5.74) is 1.65. The number of unbranched alkanes of at least 4 members (excludes halogenated alkanes) is 5. The van der Waals surface area contributed by atoms with Crippen LogP contribution in [0.4, 0.5) is 0 Å². The summed E-state index contributed by atoms with van der Waals surface area (Å²) in [6.07, 6.45) is 14.0. The van der Waals surface area contributed by atoms with Crippen molar-refractivity contribution in [2.24, 2.45) is 5.41 Å². The normalized spacial score (nSPS) is 11.5. The molecule has 0 aromatic rings. The summed E-state index contributed by atoms with van der Waals surface area (Å²) in [5, 5.41) is 0. The molecule has 0 heteroatoms. The highest BCUT2D eigenvalue weighted by Crippen LogP contribution is 2.30. The van der Waals surface area contributed by atoms with Crippen LogP contribution in [0.15, 0.2) is 24.8 Å². The summed E-state index contributed by atoms with van der Waals surface area (Å²) in [5.74, 6) is 0. The van der Waals surface area contributed by atoms with Crippen LogP contribution in [0.5, 0.6) is 0 Å². The van der Waals surface area contributed by atoms with Crippen LogP contribution in [0.25, 0.3) is 0 Å². The molecule has 0 radical (unpaired) electrons. The highest BCUT2D eigenvalue weighted by atomic mass is 14.2. The minimum atomic E-state index is 0.469. The average molecular weight is 236 g/mol. The number of hydrogen-bond donors (Lipinski definition) is 0. The Morgan fingerprint density at radius 1 is 1.00 bits per heavy atom. The molecule has 0 saturated heterocycles. The number of allylic oxidation sites excluding steroid dienone is 2. The van der Waals surface area contributed by atoms with E-state index in [2.05, 4.69) is 33.9 Å². The fraction of sp³-hybridized carbons (Fsp3) is 0.765. The Labute approximate surface area is 109 Å². The molecule has 0 rings (SSSR count). The summed E-state index contributed by atoms with van der Waals surface area (Å²) in [4.78, 5) is 0. The zero-order chi connectivity index (χ0) is 13.1. The molecule has 0 aliphatic rings. The van der Waals surface area contributed by atoms with E-state index < -0.39 is 0 Å². The molecule has 0 fully saturated rings. The van der Waals surface area contributed by atoms with Gasteiger partial charge in [-0.15, -0.1) is 0 Å². The Balaban J connectivity index is 3.56. The molecular formula is C17H32. The Morgan fingerprint density at radius 3 is 2.18 bits per heavy atom. The van der Waals surface area contributed by atoms with Gasteiger partial charge in [0.05, 0.1) is 0 Å². The molecule has 0 bridgehead atoms. The van der Waals surface area contributed by atoms with Crippen molar-refractivity contribution >= 4 is 0 Å². The van der Waals surface area contributed by atoms with Crippen molar-refractivity contribution in [3.63, 3.8) is 0 Å². The van der Waals surface area contributed by atoms with Crippen molar-refractivity contribution in [2.45, 2.75) is 78.6 Å². The maximum Gasteiger partial charge on any atom is -0.0280 e. The Hall–Kier alpha value is -0.520. The van der Waals surface area contributed by atoms with Gasteiger partial charge in [-0.05, 0) is 24.7 Å². The lowest BCUT2D eigenvalue weighted by atomic mass is 9.81. The van der Waals surface area contributed by atoms with Crippen molar-refractivity contribution in [3.05, 3.63) is 24.8 Å². The molecule has 0 aromatic carbocycles. The fourth-order valence-electron chi connectivity index (χ4n) is 2.11. The largest absolute Gasteiger partial charge is 0.0988 e. The van der Waals surface area contributed by atoms with Crippen molar-refractivity contribution < 1.29 is 0 Å². The fourth-order valence-corrected chi connectivity index (χ4v) is 2.11. The monoisotopic (exact) mass is 236 g/mol. The van der Waals surface area contributed by atoms with Crippen molar-refractivity contribution in [1.29, 1.82) is 0 Å². The number of rotatable bonds is 11. The quantitative estimate of drug-likeness (QED) is 0.292. The van der Waals surface area contributed by atoms with E-state index in [1.807, 2.05) is 6.08 Å². The first-order chi connectivity index (χ1) is 8.02. The molecule has 17 heavy (non-hydrogen) atoms. The average Bonchev–Trinajstić information content (AvgIpc) is 2.30. The van der Waals surface area contributed by atoms with Crippen LogP contribution in [0.2, 0.25) is 0 Å². The van der Waals surface area contributed by atoms with Crippen LogP contribution in [0, 0.1) is 5.41 Å². The molecule has 0 unspecified atom stereocenters. The number of hydrogen-bond acceptors (Lipinski definition) is 0. The van der Waals surface area contributed by atoms with Crippen LogP contribution in [-0.2, 0) is 0 Å². The third-order valence-corrected chi connectivity index (χ3v) is 3.62. The van der Waals surface area contributed by atoms with Gasteiger partial charge in [0.2, 0.25) is 0 Å². The van der Waals surface area contributed by atoms with Crippen LogP contribution in [0.1, 0.15) is 78.6 Å². The second kappa shape index (κ2) is 9.50. The van der Waals surface area contributed by atoms with Crippen LogP contribution < -0.4 is 0 Å². The predicted octanol–water partition coefficient (Wildman–Crippen LogP) is 6.29. The molecule has 0 saturated carbocycles. The van der Waals surface area contributed by atoms with E-state index in [0.29, 0.717) is 5.41 Å². The van der Waals surface area contributed by atoms with Gasteiger partial charge in [0.1, 0.15) is 0 Å². The van der Waals surface area contributed by atoms with Crippen LogP contribution in [0.3, 0.4) is 0 Å². The minimum absolute atomic E-state index is 0.469. The summed E-state index contributed by atoms with van der Waals surface area (Å²) in [6, 6.07) is 0. The summed E-state index contributed by atoms with van der Waals surface area (Å²) in [6.45, 7) is 14.8. The minimum Gasteiger partial charge on any atom is -0.0988 e. The summed E-state index contributed by atoms with van der Waals surface area (Å²) in [7, 11) is 0. The predicted molar refractivity (Wildman–Crippen MR) is 80.3 cm³/mol. The zero-order valence-corrected chi connectivity index (χ0v) is 12.4. The molecule has 0 spiro atoms. The highest BCUT2D eigenvalue weighted by Gasteiger charge is 2.16. The Bertz CT molecular complexity index is 210. The van der Waals surface area contributed by atoms with Crippen molar-refractivity contribution in [1.82, 2.24) is 0 Å². The second-order valence-electron chi connectivity index (χ2n) is 6.04. The first-order valence-corrected chi connectivity index (χ1v) is 7.32.